The maximum absolute atomic E-state index is 12.4. The highest BCUT2D eigenvalue weighted by Crippen LogP contribution is 2.23. The van der Waals surface area contributed by atoms with Crippen molar-refractivity contribution in [1.29, 1.82) is 0 Å². The SMILES string of the molecule is CCN(CC)C(=O)c1ccc(Nc2cc(Nc3cccc(SNC)c3)ncn2)cc1. The monoisotopic (exact) mass is 422 g/mol. The molecule has 30 heavy (non-hydrogen) atoms. The minimum absolute atomic E-state index is 0.0405. The largest absolute Gasteiger partial charge is 0.340 e. The van der Waals surface area contributed by atoms with Crippen molar-refractivity contribution < 1.29 is 4.79 Å². The molecule has 0 fully saturated rings. The lowest BCUT2D eigenvalue weighted by Gasteiger charge is -2.18. The molecule has 0 saturated carbocycles. The number of nitrogens with one attached hydrogen (secondary N) is 3. The van der Waals surface area contributed by atoms with Gasteiger partial charge in [0.05, 0.1) is 0 Å². The first kappa shape index (κ1) is 21.6. The van der Waals surface area contributed by atoms with Crippen LogP contribution in [0.4, 0.5) is 23.0 Å². The second-order valence-corrected chi connectivity index (χ2v) is 7.51. The maximum atomic E-state index is 12.4. The van der Waals surface area contributed by atoms with Crippen molar-refractivity contribution in [2.45, 2.75) is 18.7 Å². The molecule has 1 heterocycles. The fourth-order valence-corrected chi connectivity index (χ4v) is 3.50. The van der Waals surface area contributed by atoms with Gasteiger partial charge >= 0.3 is 0 Å². The summed E-state index contributed by atoms with van der Waals surface area (Å²) in [4.78, 5) is 23.9. The number of carbonyl (C=O) groups excluding carboxylic acids is 1. The predicted octanol–water partition coefficient (Wildman–Crippen LogP) is 4.67. The summed E-state index contributed by atoms with van der Waals surface area (Å²) in [5.41, 5.74) is 2.47. The highest BCUT2D eigenvalue weighted by Gasteiger charge is 2.12. The van der Waals surface area contributed by atoms with Gasteiger partial charge in [0.1, 0.15) is 18.0 Å². The molecule has 3 N–H and O–H groups in total. The number of anilines is 4. The van der Waals surface area contributed by atoms with Gasteiger partial charge in [0.15, 0.2) is 0 Å². The average Bonchev–Trinajstić information content (AvgIpc) is 2.76. The Morgan fingerprint density at radius 1 is 0.933 bits per heavy atom. The predicted molar refractivity (Wildman–Crippen MR) is 124 cm³/mol. The Morgan fingerprint density at radius 3 is 2.23 bits per heavy atom. The summed E-state index contributed by atoms with van der Waals surface area (Å²) in [6.07, 6.45) is 1.51. The molecule has 0 aliphatic carbocycles. The van der Waals surface area contributed by atoms with E-state index in [1.165, 1.54) is 6.33 Å². The van der Waals surface area contributed by atoms with Gasteiger partial charge in [0, 0.05) is 41.0 Å². The van der Waals surface area contributed by atoms with Crippen LogP contribution in [0.2, 0.25) is 0 Å². The second kappa shape index (κ2) is 10.6. The normalized spacial score (nSPS) is 10.5. The quantitative estimate of drug-likeness (QED) is 0.432. The van der Waals surface area contributed by atoms with Gasteiger partial charge in [-0.3, -0.25) is 9.52 Å². The molecule has 0 aliphatic heterocycles. The summed E-state index contributed by atoms with van der Waals surface area (Å²) >= 11 is 1.55. The lowest BCUT2D eigenvalue weighted by Crippen LogP contribution is -2.30. The molecule has 1 aromatic heterocycles. The topological polar surface area (TPSA) is 82.2 Å². The molecule has 3 aromatic rings. The smallest absolute Gasteiger partial charge is 0.253 e. The zero-order valence-electron chi connectivity index (χ0n) is 17.3. The van der Waals surface area contributed by atoms with E-state index in [4.69, 9.17) is 0 Å². The number of carbonyl (C=O) groups is 1. The van der Waals surface area contributed by atoms with Gasteiger partial charge < -0.3 is 15.5 Å². The first-order valence-electron chi connectivity index (χ1n) is 9.82. The van der Waals surface area contributed by atoms with Crippen molar-refractivity contribution in [2.75, 3.05) is 30.8 Å². The molecule has 0 bridgehead atoms. The van der Waals surface area contributed by atoms with Crippen molar-refractivity contribution in [3.63, 3.8) is 0 Å². The number of rotatable bonds is 9. The molecule has 156 valence electrons. The van der Waals surface area contributed by atoms with E-state index in [1.54, 1.807) is 16.8 Å². The second-order valence-electron chi connectivity index (χ2n) is 6.43. The maximum Gasteiger partial charge on any atom is 0.253 e. The van der Waals surface area contributed by atoms with Crippen LogP contribution in [0.25, 0.3) is 0 Å². The van der Waals surface area contributed by atoms with Gasteiger partial charge in [0.2, 0.25) is 0 Å². The van der Waals surface area contributed by atoms with E-state index in [9.17, 15) is 4.79 Å². The summed E-state index contributed by atoms with van der Waals surface area (Å²) in [6.45, 7) is 5.35. The van der Waals surface area contributed by atoms with Gasteiger partial charge in [-0.1, -0.05) is 6.07 Å². The van der Waals surface area contributed by atoms with E-state index in [0.29, 0.717) is 30.3 Å². The van der Waals surface area contributed by atoms with Gasteiger partial charge in [-0.2, -0.15) is 0 Å². The van der Waals surface area contributed by atoms with Gasteiger partial charge in [-0.15, -0.1) is 0 Å². The molecular formula is C22H26N6OS. The Morgan fingerprint density at radius 2 is 1.60 bits per heavy atom. The van der Waals surface area contributed by atoms with Crippen LogP contribution in [0.5, 0.6) is 0 Å². The van der Waals surface area contributed by atoms with Crippen molar-refractivity contribution in [2.24, 2.45) is 0 Å². The Balaban J connectivity index is 1.68. The van der Waals surface area contributed by atoms with Crippen LogP contribution in [0, 0.1) is 0 Å². The molecule has 7 nitrogen and oxygen atoms in total. The fourth-order valence-electron chi connectivity index (χ4n) is 2.93. The molecule has 1 amide bonds. The third-order valence-corrected chi connectivity index (χ3v) is 5.14. The van der Waals surface area contributed by atoms with Crippen molar-refractivity contribution in [3.8, 4) is 0 Å². The average molecular weight is 423 g/mol. The molecule has 0 atom stereocenters. The van der Waals surface area contributed by atoms with E-state index >= 15 is 0 Å². The molecule has 0 spiro atoms. The fraction of sp³-hybridized carbons (Fsp3) is 0.227. The molecule has 0 radical (unpaired) electrons. The number of aromatic nitrogens is 2. The van der Waals surface area contributed by atoms with Gasteiger partial charge in [-0.05, 0) is 75.3 Å². The standard InChI is InChI=1S/C22H26N6OS/c1-4-28(5-2)22(29)16-9-11-17(12-10-16)26-20-14-21(25-15-24-20)27-18-7-6-8-19(13-18)30-23-3/h6-15,23H,4-5H2,1-3H3,(H2,24,25,26,27). The van der Waals surface area contributed by atoms with Gasteiger partial charge in [-0.25, -0.2) is 9.97 Å². The Labute approximate surface area is 181 Å². The van der Waals surface area contributed by atoms with Crippen molar-refractivity contribution in [1.82, 2.24) is 19.6 Å². The Kier molecular flexibility index (Phi) is 7.64. The van der Waals surface area contributed by atoms with Crippen LogP contribution in [-0.4, -0.2) is 40.9 Å². The molecule has 8 heteroatoms. The number of benzene rings is 2. The number of hydrogen-bond donors (Lipinski definition) is 3. The van der Waals surface area contributed by atoms with Crippen molar-refractivity contribution >= 4 is 40.9 Å². The zero-order valence-corrected chi connectivity index (χ0v) is 18.2. The summed E-state index contributed by atoms with van der Waals surface area (Å²) in [7, 11) is 1.89. The van der Waals surface area contributed by atoms with Crippen LogP contribution in [0.3, 0.4) is 0 Å². The minimum Gasteiger partial charge on any atom is -0.340 e. The Hall–Kier alpha value is -3.10. The van der Waals surface area contributed by atoms with Crippen LogP contribution < -0.4 is 15.4 Å². The number of amides is 1. The number of hydrogen-bond acceptors (Lipinski definition) is 7. The van der Waals surface area contributed by atoms with Crippen molar-refractivity contribution in [3.05, 3.63) is 66.5 Å². The van der Waals surface area contributed by atoms with E-state index in [1.807, 2.05) is 75.5 Å². The highest BCUT2D eigenvalue weighted by molar-refractivity contribution is 7.97. The van der Waals surface area contributed by atoms with Gasteiger partial charge in [0.25, 0.3) is 5.91 Å². The Bertz CT molecular complexity index is 975. The van der Waals surface area contributed by atoms with Crippen LogP contribution in [0.15, 0.2) is 65.8 Å². The first-order chi connectivity index (χ1) is 14.6. The highest BCUT2D eigenvalue weighted by atomic mass is 32.2. The first-order valence-corrected chi connectivity index (χ1v) is 10.6. The lowest BCUT2D eigenvalue weighted by molar-refractivity contribution is 0.0773. The van der Waals surface area contributed by atoms with Crippen LogP contribution in [0.1, 0.15) is 24.2 Å². The molecule has 0 saturated heterocycles. The van der Waals surface area contributed by atoms with E-state index in [-0.39, 0.29) is 5.91 Å². The molecule has 3 rings (SSSR count). The molecular weight excluding hydrogens is 396 g/mol. The minimum atomic E-state index is 0.0405. The van der Waals surface area contributed by atoms with E-state index in [0.717, 1.165) is 16.3 Å². The molecule has 0 unspecified atom stereocenters. The summed E-state index contributed by atoms with van der Waals surface area (Å²) in [6, 6.07) is 17.3. The third kappa shape index (κ3) is 5.71. The van der Waals surface area contributed by atoms with Crippen LogP contribution in [-0.2, 0) is 0 Å². The zero-order chi connectivity index (χ0) is 21.3. The third-order valence-electron chi connectivity index (χ3n) is 4.45. The summed E-state index contributed by atoms with van der Waals surface area (Å²) in [5, 5.41) is 6.55. The summed E-state index contributed by atoms with van der Waals surface area (Å²) in [5.74, 6) is 1.39. The lowest BCUT2D eigenvalue weighted by atomic mass is 10.2. The van der Waals surface area contributed by atoms with Crippen LogP contribution >= 0.6 is 11.9 Å². The molecule has 2 aromatic carbocycles. The molecule has 0 aliphatic rings. The number of nitrogens with zero attached hydrogens (tertiary/aromatic N) is 3. The van der Waals surface area contributed by atoms with E-state index < -0.39 is 0 Å². The summed E-state index contributed by atoms with van der Waals surface area (Å²) < 4.78 is 3.06. The van der Waals surface area contributed by atoms with E-state index in [2.05, 4.69) is 25.3 Å².